The SMILES string of the molecule is Cn1cc(-c2nc(Nc3cccc([N+](=O)[O-])c3)ncc2Cl)cn1. The third-order valence-electron chi connectivity index (χ3n) is 3.04. The Bertz CT molecular complexity index is 879. The summed E-state index contributed by atoms with van der Waals surface area (Å²) >= 11 is 6.13. The van der Waals surface area contributed by atoms with Crippen LogP contribution in [0.1, 0.15) is 0 Å². The van der Waals surface area contributed by atoms with E-state index in [1.165, 1.54) is 18.3 Å². The van der Waals surface area contributed by atoms with E-state index in [0.717, 1.165) is 5.56 Å². The summed E-state index contributed by atoms with van der Waals surface area (Å²) in [5.74, 6) is 0.286. The average molecular weight is 331 g/mol. The van der Waals surface area contributed by atoms with Crippen molar-refractivity contribution in [2.75, 3.05) is 5.32 Å². The second kappa shape index (κ2) is 6.01. The predicted molar refractivity (Wildman–Crippen MR) is 85.6 cm³/mol. The van der Waals surface area contributed by atoms with Crippen LogP contribution in [0.25, 0.3) is 11.3 Å². The number of aromatic nitrogens is 4. The zero-order valence-electron chi connectivity index (χ0n) is 12.0. The zero-order valence-corrected chi connectivity index (χ0v) is 12.7. The number of nitro groups is 1. The molecule has 0 radical (unpaired) electrons. The first-order valence-electron chi connectivity index (χ1n) is 6.56. The number of halogens is 1. The Morgan fingerprint density at radius 2 is 2.17 bits per heavy atom. The summed E-state index contributed by atoms with van der Waals surface area (Å²) < 4.78 is 1.64. The van der Waals surface area contributed by atoms with Crippen molar-refractivity contribution in [1.82, 2.24) is 19.7 Å². The molecule has 2 heterocycles. The first kappa shape index (κ1) is 14.9. The smallest absolute Gasteiger partial charge is 0.271 e. The quantitative estimate of drug-likeness (QED) is 0.582. The van der Waals surface area contributed by atoms with Gasteiger partial charge in [-0.1, -0.05) is 17.7 Å². The van der Waals surface area contributed by atoms with Gasteiger partial charge in [0.25, 0.3) is 5.69 Å². The lowest BCUT2D eigenvalue weighted by Crippen LogP contribution is -1.99. The Morgan fingerprint density at radius 3 is 2.87 bits per heavy atom. The molecule has 0 saturated carbocycles. The third kappa shape index (κ3) is 3.27. The van der Waals surface area contributed by atoms with Crippen molar-refractivity contribution >= 4 is 28.9 Å². The maximum atomic E-state index is 10.8. The number of aryl methyl sites for hydroxylation is 1. The molecular formula is C14H11ClN6O2. The van der Waals surface area contributed by atoms with Crippen LogP contribution in [0.4, 0.5) is 17.3 Å². The lowest BCUT2D eigenvalue weighted by Gasteiger charge is -2.07. The predicted octanol–water partition coefficient (Wildman–Crippen LogP) is 3.18. The Labute approximate surface area is 135 Å². The molecule has 8 nitrogen and oxygen atoms in total. The van der Waals surface area contributed by atoms with Gasteiger partial charge in [0.05, 0.1) is 28.0 Å². The molecule has 0 aliphatic carbocycles. The molecule has 3 aromatic rings. The number of nitrogens with zero attached hydrogens (tertiary/aromatic N) is 5. The fraction of sp³-hybridized carbons (Fsp3) is 0.0714. The highest BCUT2D eigenvalue weighted by atomic mass is 35.5. The van der Waals surface area contributed by atoms with Crippen molar-refractivity contribution in [3.63, 3.8) is 0 Å². The minimum absolute atomic E-state index is 0.0172. The van der Waals surface area contributed by atoms with Gasteiger partial charge in [-0.15, -0.1) is 0 Å². The fourth-order valence-corrected chi connectivity index (χ4v) is 2.20. The van der Waals surface area contributed by atoms with Gasteiger partial charge < -0.3 is 5.32 Å². The third-order valence-corrected chi connectivity index (χ3v) is 3.31. The highest BCUT2D eigenvalue weighted by Gasteiger charge is 2.11. The van der Waals surface area contributed by atoms with Crippen molar-refractivity contribution in [3.05, 3.63) is 58.0 Å². The van der Waals surface area contributed by atoms with E-state index >= 15 is 0 Å². The topological polar surface area (TPSA) is 98.8 Å². The summed E-state index contributed by atoms with van der Waals surface area (Å²) in [7, 11) is 1.79. The maximum absolute atomic E-state index is 10.8. The van der Waals surface area contributed by atoms with Crippen LogP contribution in [0.15, 0.2) is 42.9 Å². The summed E-state index contributed by atoms with van der Waals surface area (Å²) in [6.45, 7) is 0. The van der Waals surface area contributed by atoms with Crippen molar-refractivity contribution in [2.45, 2.75) is 0 Å². The normalized spacial score (nSPS) is 10.5. The van der Waals surface area contributed by atoms with Gasteiger partial charge in [0, 0.05) is 36.6 Å². The molecule has 0 fully saturated rings. The first-order valence-corrected chi connectivity index (χ1v) is 6.94. The molecule has 0 spiro atoms. The molecule has 0 amide bonds. The number of benzene rings is 1. The van der Waals surface area contributed by atoms with E-state index in [1.54, 1.807) is 36.3 Å². The number of rotatable bonds is 4. The standard InChI is InChI=1S/C14H11ClN6O2/c1-20-8-9(6-17-20)13-12(15)7-16-14(19-13)18-10-3-2-4-11(5-10)21(22)23/h2-8H,1H3,(H,16,18,19). The van der Waals surface area contributed by atoms with Gasteiger partial charge in [-0.25, -0.2) is 9.97 Å². The molecule has 0 aliphatic rings. The molecule has 9 heteroatoms. The minimum Gasteiger partial charge on any atom is -0.324 e. The van der Waals surface area contributed by atoms with Gasteiger partial charge in [-0.05, 0) is 6.07 Å². The molecule has 1 N–H and O–H groups in total. The van der Waals surface area contributed by atoms with Gasteiger partial charge in [-0.2, -0.15) is 5.10 Å². The van der Waals surface area contributed by atoms with Crippen molar-refractivity contribution < 1.29 is 4.92 Å². The van der Waals surface area contributed by atoms with Crippen LogP contribution in [0.5, 0.6) is 0 Å². The number of nitrogens with one attached hydrogen (secondary N) is 1. The Balaban J connectivity index is 1.92. The number of hydrogen-bond donors (Lipinski definition) is 1. The van der Waals surface area contributed by atoms with Crippen LogP contribution in [-0.4, -0.2) is 24.7 Å². The van der Waals surface area contributed by atoms with E-state index in [0.29, 0.717) is 16.4 Å². The van der Waals surface area contributed by atoms with Gasteiger partial charge in [-0.3, -0.25) is 14.8 Å². The number of hydrogen-bond acceptors (Lipinski definition) is 6. The van der Waals surface area contributed by atoms with Crippen LogP contribution in [0, 0.1) is 10.1 Å². The van der Waals surface area contributed by atoms with Crippen LogP contribution in [0.2, 0.25) is 5.02 Å². The average Bonchev–Trinajstić information content (AvgIpc) is 2.96. The molecular weight excluding hydrogens is 320 g/mol. The van der Waals surface area contributed by atoms with Gasteiger partial charge in [0.15, 0.2) is 0 Å². The zero-order chi connectivity index (χ0) is 16.4. The summed E-state index contributed by atoms with van der Waals surface area (Å²) in [4.78, 5) is 18.8. The second-order valence-corrected chi connectivity index (χ2v) is 5.13. The molecule has 3 rings (SSSR count). The fourth-order valence-electron chi connectivity index (χ4n) is 2.00. The maximum Gasteiger partial charge on any atom is 0.271 e. The highest BCUT2D eigenvalue weighted by Crippen LogP contribution is 2.27. The van der Waals surface area contributed by atoms with E-state index in [2.05, 4.69) is 20.4 Å². The molecule has 0 saturated heterocycles. The van der Waals surface area contributed by atoms with Crippen LogP contribution < -0.4 is 5.32 Å². The number of nitro benzene ring substituents is 1. The van der Waals surface area contributed by atoms with Crippen LogP contribution in [-0.2, 0) is 7.05 Å². The summed E-state index contributed by atoms with van der Waals surface area (Å²) in [6.07, 6.45) is 4.90. The minimum atomic E-state index is -0.463. The molecule has 116 valence electrons. The van der Waals surface area contributed by atoms with Crippen LogP contribution in [0.3, 0.4) is 0 Å². The lowest BCUT2D eigenvalue weighted by molar-refractivity contribution is -0.384. The molecule has 0 unspecified atom stereocenters. The molecule has 1 aromatic carbocycles. The van der Waals surface area contributed by atoms with E-state index < -0.39 is 4.92 Å². The van der Waals surface area contributed by atoms with Crippen LogP contribution >= 0.6 is 11.6 Å². The summed E-state index contributed by atoms with van der Waals surface area (Å²) in [5.41, 5.74) is 1.78. The molecule has 0 atom stereocenters. The van der Waals surface area contributed by atoms with Crippen molar-refractivity contribution in [1.29, 1.82) is 0 Å². The van der Waals surface area contributed by atoms with E-state index in [1.807, 2.05) is 0 Å². The van der Waals surface area contributed by atoms with Crippen molar-refractivity contribution in [2.24, 2.45) is 7.05 Å². The second-order valence-electron chi connectivity index (χ2n) is 4.73. The van der Waals surface area contributed by atoms with E-state index in [-0.39, 0.29) is 11.6 Å². The van der Waals surface area contributed by atoms with E-state index in [4.69, 9.17) is 11.6 Å². The Morgan fingerprint density at radius 1 is 1.35 bits per heavy atom. The number of non-ortho nitro benzene ring substituents is 1. The Hall–Kier alpha value is -3.00. The first-order chi connectivity index (χ1) is 11.0. The molecule has 23 heavy (non-hydrogen) atoms. The molecule has 0 aliphatic heterocycles. The van der Waals surface area contributed by atoms with Gasteiger partial charge >= 0.3 is 0 Å². The molecule has 2 aromatic heterocycles. The molecule has 0 bridgehead atoms. The number of anilines is 2. The van der Waals surface area contributed by atoms with E-state index in [9.17, 15) is 10.1 Å². The summed E-state index contributed by atoms with van der Waals surface area (Å²) in [6, 6.07) is 6.09. The summed E-state index contributed by atoms with van der Waals surface area (Å²) in [5, 5.41) is 18.2. The Kier molecular flexibility index (Phi) is 3.90. The highest BCUT2D eigenvalue weighted by molar-refractivity contribution is 6.32. The lowest BCUT2D eigenvalue weighted by atomic mass is 10.2. The van der Waals surface area contributed by atoms with Gasteiger partial charge in [0.2, 0.25) is 5.95 Å². The monoisotopic (exact) mass is 330 g/mol. The van der Waals surface area contributed by atoms with Gasteiger partial charge in [0.1, 0.15) is 0 Å². The van der Waals surface area contributed by atoms with Crippen molar-refractivity contribution in [3.8, 4) is 11.3 Å². The largest absolute Gasteiger partial charge is 0.324 e.